The summed E-state index contributed by atoms with van der Waals surface area (Å²) in [7, 11) is 1.54. The number of anilines is 2. The Kier molecular flexibility index (Phi) is 4.66. The second-order valence-electron chi connectivity index (χ2n) is 4.93. The highest BCUT2D eigenvalue weighted by Crippen LogP contribution is 2.20. The molecular weight excluding hydrogens is 312 g/mol. The first-order chi connectivity index (χ1) is 11.7. The summed E-state index contributed by atoms with van der Waals surface area (Å²) >= 11 is 0. The van der Waals surface area contributed by atoms with Crippen LogP contribution in [0, 0.1) is 6.92 Å². The van der Waals surface area contributed by atoms with Crippen molar-refractivity contribution in [1.82, 2.24) is 15.0 Å². The maximum atomic E-state index is 11.9. The van der Waals surface area contributed by atoms with E-state index in [2.05, 4.69) is 20.3 Å². The second kappa shape index (κ2) is 7.05. The van der Waals surface area contributed by atoms with Gasteiger partial charge in [-0.1, -0.05) is 12.1 Å². The van der Waals surface area contributed by atoms with Crippen molar-refractivity contribution in [2.24, 2.45) is 0 Å². The van der Waals surface area contributed by atoms with Gasteiger partial charge in [0.25, 0.3) is 0 Å². The van der Waals surface area contributed by atoms with Gasteiger partial charge in [-0.15, -0.1) is 0 Å². The number of hydrogen-bond donors (Lipinski definition) is 1. The van der Waals surface area contributed by atoms with Crippen molar-refractivity contribution in [3.63, 3.8) is 0 Å². The third-order valence-electron chi connectivity index (χ3n) is 3.23. The molecular formula is C16H16N4O4. The lowest BCUT2D eigenvalue weighted by Gasteiger charge is -2.07. The zero-order valence-electron chi connectivity index (χ0n) is 13.3. The first-order valence-corrected chi connectivity index (χ1v) is 7.29. The van der Waals surface area contributed by atoms with Crippen molar-refractivity contribution < 1.29 is 18.7 Å². The van der Waals surface area contributed by atoms with Crippen LogP contribution < -0.4 is 5.32 Å². The summed E-state index contributed by atoms with van der Waals surface area (Å²) in [6, 6.07) is 7.68. The number of para-hydroxylation sites is 2. The average Bonchev–Trinajstić information content (AvgIpc) is 2.97. The lowest BCUT2D eigenvalue weighted by molar-refractivity contribution is 0.0386. The van der Waals surface area contributed by atoms with Gasteiger partial charge in [-0.2, -0.15) is 4.98 Å². The summed E-state index contributed by atoms with van der Waals surface area (Å²) in [5, 5.41) is 2.88. The van der Waals surface area contributed by atoms with Gasteiger partial charge < -0.3 is 13.9 Å². The molecule has 0 aliphatic carbocycles. The number of rotatable bonds is 6. The van der Waals surface area contributed by atoms with Gasteiger partial charge in [0.2, 0.25) is 5.95 Å². The number of ether oxygens (including phenoxy) is 2. The van der Waals surface area contributed by atoms with Gasteiger partial charge in [0, 0.05) is 13.3 Å². The molecule has 0 fully saturated rings. The Hall–Kier alpha value is -3.00. The fourth-order valence-electron chi connectivity index (χ4n) is 2.04. The molecule has 0 aliphatic heterocycles. The van der Waals surface area contributed by atoms with Crippen LogP contribution in [0.2, 0.25) is 0 Å². The van der Waals surface area contributed by atoms with Crippen LogP contribution in [-0.4, -0.2) is 41.2 Å². The zero-order chi connectivity index (χ0) is 16.9. The van der Waals surface area contributed by atoms with Crippen LogP contribution in [0.5, 0.6) is 0 Å². The maximum Gasteiger partial charge on any atom is 0.341 e. The number of aromatic nitrogens is 3. The van der Waals surface area contributed by atoms with Crippen LogP contribution in [-0.2, 0) is 9.47 Å². The molecule has 3 aromatic rings. The highest BCUT2D eigenvalue weighted by molar-refractivity contribution is 5.90. The third-order valence-corrected chi connectivity index (χ3v) is 3.23. The van der Waals surface area contributed by atoms with E-state index in [4.69, 9.17) is 13.9 Å². The lowest BCUT2D eigenvalue weighted by Crippen LogP contribution is -2.13. The topological polar surface area (TPSA) is 99.4 Å². The maximum absolute atomic E-state index is 11.9. The number of fused-ring (bicyclic) bond motifs is 1. The molecule has 0 aliphatic rings. The Labute approximate surface area is 137 Å². The second-order valence-corrected chi connectivity index (χ2v) is 4.93. The van der Waals surface area contributed by atoms with E-state index in [1.165, 1.54) is 13.3 Å². The Balaban J connectivity index is 1.73. The van der Waals surface area contributed by atoms with Gasteiger partial charge in [-0.25, -0.2) is 14.8 Å². The summed E-state index contributed by atoms with van der Waals surface area (Å²) in [6.45, 7) is 2.21. The normalized spacial score (nSPS) is 10.8. The molecule has 8 heteroatoms. The van der Waals surface area contributed by atoms with Crippen molar-refractivity contribution in [2.75, 3.05) is 25.6 Å². The summed E-state index contributed by atoms with van der Waals surface area (Å²) in [4.78, 5) is 24.5. The Bertz CT molecular complexity index is 829. The fraction of sp³-hybridized carbons (Fsp3) is 0.250. The van der Waals surface area contributed by atoms with E-state index in [1.807, 2.05) is 24.3 Å². The lowest BCUT2D eigenvalue weighted by atomic mass is 10.2. The van der Waals surface area contributed by atoms with E-state index in [0.29, 0.717) is 23.4 Å². The van der Waals surface area contributed by atoms with Gasteiger partial charge in [0.15, 0.2) is 5.58 Å². The quantitative estimate of drug-likeness (QED) is 0.544. The number of methoxy groups -OCH3 is 1. The molecule has 0 spiro atoms. The summed E-state index contributed by atoms with van der Waals surface area (Å²) in [5.74, 6) is -0.203. The van der Waals surface area contributed by atoms with E-state index >= 15 is 0 Å². The number of hydrogen-bond acceptors (Lipinski definition) is 8. The van der Waals surface area contributed by atoms with Crippen LogP contribution in [0.4, 0.5) is 12.0 Å². The van der Waals surface area contributed by atoms with E-state index < -0.39 is 5.97 Å². The highest BCUT2D eigenvalue weighted by Gasteiger charge is 2.14. The van der Waals surface area contributed by atoms with Gasteiger partial charge in [0.05, 0.1) is 17.9 Å². The van der Waals surface area contributed by atoms with Crippen LogP contribution in [0.15, 0.2) is 34.9 Å². The molecule has 0 saturated heterocycles. The standard InChI is InChI=1S/C16H16N4O4/c1-10-11(14(21)23-8-7-22-2)9-17-15(18-10)20-16-19-12-5-3-4-6-13(12)24-16/h3-6,9H,7-8H2,1-2H3,(H,17,18,19,20). The molecule has 0 amide bonds. The molecule has 8 nitrogen and oxygen atoms in total. The molecule has 0 saturated carbocycles. The van der Waals surface area contributed by atoms with Crippen molar-refractivity contribution in [3.8, 4) is 0 Å². The molecule has 0 radical (unpaired) electrons. The average molecular weight is 328 g/mol. The first-order valence-electron chi connectivity index (χ1n) is 7.29. The first kappa shape index (κ1) is 15.9. The largest absolute Gasteiger partial charge is 0.460 e. The van der Waals surface area contributed by atoms with E-state index in [1.54, 1.807) is 6.92 Å². The number of benzene rings is 1. The minimum atomic E-state index is -0.488. The molecule has 0 bridgehead atoms. The minimum Gasteiger partial charge on any atom is -0.460 e. The number of nitrogens with zero attached hydrogens (tertiary/aromatic N) is 3. The molecule has 0 unspecified atom stereocenters. The van der Waals surface area contributed by atoms with Crippen molar-refractivity contribution in [3.05, 3.63) is 41.7 Å². The van der Waals surface area contributed by atoms with Gasteiger partial charge in [-0.05, 0) is 19.1 Å². The van der Waals surface area contributed by atoms with Crippen LogP contribution in [0.1, 0.15) is 16.1 Å². The third kappa shape index (κ3) is 3.49. The van der Waals surface area contributed by atoms with E-state index in [0.717, 1.165) is 5.52 Å². The highest BCUT2D eigenvalue weighted by atomic mass is 16.6. The summed E-state index contributed by atoms with van der Waals surface area (Å²) in [5.41, 5.74) is 2.19. The van der Waals surface area contributed by atoms with Crippen LogP contribution in [0.3, 0.4) is 0 Å². The predicted molar refractivity (Wildman–Crippen MR) is 86.2 cm³/mol. The number of carbonyl (C=O) groups excluding carboxylic acids is 1. The fourth-order valence-corrected chi connectivity index (χ4v) is 2.04. The van der Waals surface area contributed by atoms with Gasteiger partial charge >= 0.3 is 12.0 Å². The number of aryl methyl sites for hydroxylation is 1. The molecule has 124 valence electrons. The molecule has 2 heterocycles. The monoisotopic (exact) mass is 328 g/mol. The molecule has 2 aromatic heterocycles. The smallest absolute Gasteiger partial charge is 0.341 e. The molecule has 24 heavy (non-hydrogen) atoms. The molecule has 1 aromatic carbocycles. The van der Waals surface area contributed by atoms with E-state index in [9.17, 15) is 4.79 Å². The SMILES string of the molecule is COCCOC(=O)c1cnc(Nc2nc3ccccc3o2)nc1C. The predicted octanol–water partition coefficient (Wildman–Crippen LogP) is 2.47. The molecule has 3 rings (SSSR count). The number of esters is 1. The number of nitrogens with one attached hydrogen (secondary N) is 1. The molecule has 0 atom stereocenters. The van der Waals surface area contributed by atoms with Crippen LogP contribution in [0.25, 0.3) is 11.1 Å². The molecule has 1 N–H and O–H groups in total. The van der Waals surface area contributed by atoms with E-state index in [-0.39, 0.29) is 18.6 Å². The van der Waals surface area contributed by atoms with Crippen molar-refractivity contribution in [1.29, 1.82) is 0 Å². The van der Waals surface area contributed by atoms with Crippen molar-refractivity contribution >= 4 is 29.0 Å². The number of oxazole rings is 1. The number of carbonyl (C=O) groups is 1. The van der Waals surface area contributed by atoms with Gasteiger partial charge in [-0.3, -0.25) is 5.32 Å². The Morgan fingerprint density at radius 2 is 2.08 bits per heavy atom. The zero-order valence-corrected chi connectivity index (χ0v) is 13.3. The van der Waals surface area contributed by atoms with Crippen LogP contribution >= 0.6 is 0 Å². The Morgan fingerprint density at radius 3 is 2.83 bits per heavy atom. The minimum absolute atomic E-state index is 0.178. The Morgan fingerprint density at radius 1 is 1.25 bits per heavy atom. The van der Waals surface area contributed by atoms with Gasteiger partial charge in [0.1, 0.15) is 12.1 Å². The summed E-state index contributed by atoms with van der Waals surface area (Å²) < 4.78 is 15.4. The summed E-state index contributed by atoms with van der Waals surface area (Å²) in [6.07, 6.45) is 1.41. The van der Waals surface area contributed by atoms with Crippen molar-refractivity contribution in [2.45, 2.75) is 6.92 Å².